The zero-order valence-corrected chi connectivity index (χ0v) is 64.9. The summed E-state index contributed by atoms with van der Waals surface area (Å²) in [5.41, 5.74) is 26.0. The Morgan fingerprint density at radius 1 is 0.441 bits per heavy atom. The highest BCUT2D eigenvalue weighted by atomic mass is 16.5. The van der Waals surface area contributed by atoms with Crippen LogP contribution in [0.25, 0.3) is 66.9 Å². The van der Waals surface area contributed by atoms with E-state index in [-0.39, 0.29) is 58.0 Å². The van der Waals surface area contributed by atoms with Crippen molar-refractivity contribution in [3.63, 3.8) is 0 Å². The average Bonchev–Trinajstić information content (AvgIpc) is 1.63. The van der Waals surface area contributed by atoms with Crippen LogP contribution < -0.4 is 31.4 Å². The number of fused-ring (bicyclic) bond motifs is 3. The molecule has 3 fully saturated rings. The van der Waals surface area contributed by atoms with Gasteiger partial charge in [0, 0.05) is 67.4 Å². The van der Waals surface area contributed by atoms with Crippen LogP contribution in [0.3, 0.4) is 0 Å². The van der Waals surface area contributed by atoms with E-state index in [4.69, 9.17) is 46.7 Å². The second kappa shape index (κ2) is 32.9. The van der Waals surface area contributed by atoms with Crippen molar-refractivity contribution in [1.29, 1.82) is 0 Å². The highest BCUT2D eigenvalue weighted by molar-refractivity contribution is 6.01. The second-order valence-corrected chi connectivity index (χ2v) is 31.8. The van der Waals surface area contributed by atoms with Crippen LogP contribution in [-0.4, -0.2) is 131 Å². The Bertz CT molecular complexity index is 5300. The molecule has 0 bridgehead atoms. The molecule has 6 aromatic heterocycles. The van der Waals surface area contributed by atoms with Crippen LogP contribution in [0.2, 0.25) is 0 Å². The fourth-order valence-electron chi connectivity index (χ4n) is 13.9. The molecule has 4 atom stereocenters. The maximum atomic E-state index is 13.3. The van der Waals surface area contributed by atoms with Crippen LogP contribution in [0, 0.1) is 22.2 Å². The third-order valence-electron chi connectivity index (χ3n) is 20.6. The number of aromatic nitrogens is 12. The van der Waals surface area contributed by atoms with E-state index in [2.05, 4.69) is 78.0 Å². The molecule has 15 rings (SSSR count). The Balaban J connectivity index is 0.000000146. The number of nitrogens with zero attached hydrogens (tertiary/aromatic N) is 15. The number of hydrogen-bond donors (Lipinski definition) is 3. The molecule has 572 valence electrons. The summed E-state index contributed by atoms with van der Waals surface area (Å²) in [5, 5.41) is 17.1. The van der Waals surface area contributed by atoms with Gasteiger partial charge in [-0.3, -0.25) is 14.4 Å². The molecule has 3 amide bonds. The standard InChI is InChI=1S/C29H34N6O2.2C29H32N6O2/c2*1-19(29(2,3)4)28(36)34-16-8-9-21(17-34)35-27-24(26(30)31-18-32-27)25(33-35)20-12-14-23(15-13-20)37-22-10-6-5-7-11-22;1-29(2,3)16-15-24(36)34-17-7-8-21(18-34)35-28-25(27(30)31-19-32-28)26(33-35)20-11-13-23(14-12-20)37-22-9-5-4-6-10-22/h5-7,10-15,18-19,21H,8-9,16-17H2,1-4H3,(H2,30,31,32);5-7,10-15,18,21H,1,8-9,16-17H2,2-4H3,(H2,30,31,32);4-6,9-16,19,21H,7-8,17-18H2,1-3H3,(H2,30,31,32)/b;;16-15+/t19?,21-;2*21-/m111/s1. The first kappa shape index (κ1) is 76.8. The molecule has 3 saturated heterocycles. The zero-order chi connectivity index (χ0) is 78.3. The number of benzene rings is 6. The SMILES string of the molecule is C=C(C(=O)N1CCC[C@@H](n2nc(-c3ccc(Oc4ccccc4)cc3)c3c(N)ncnc32)C1)C(C)(C)C.CC(C(=O)N1CCC[C@@H](n2nc(-c3ccc(Oc4ccccc4)cc3)c3c(N)ncnc32)C1)C(C)(C)C.CC(C)(C)/C=C/C(=O)N1CCC[C@@H](n2nc(-c3ccc(Oc4ccccc4)cc3)c3c(N)ncnc32)C1. The molecule has 111 heavy (non-hydrogen) atoms. The summed E-state index contributed by atoms with van der Waals surface area (Å²) in [6, 6.07) is 52.2. The Hall–Kier alpha value is -12.3. The second-order valence-electron chi connectivity index (χ2n) is 31.8. The molecule has 24 nitrogen and oxygen atoms in total. The van der Waals surface area contributed by atoms with E-state index in [1.165, 1.54) is 19.0 Å². The molecular formula is C87H98N18O6. The number of nitrogens with two attached hydrogens (primary N) is 3. The van der Waals surface area contributed by atoms with Crippen LogP contribution >= 0.6 is 0 Å². The zero-order valence-electron chi connectivity index (χ0n) is 64.9. The van der Waals surface area contributed by atoms with E-state index in [0.29, 0.717) is 77.2 Å². The van der Waals surface area contributed by atoms with Crippen LogP contribution in [0.4, 0.5) is 17.5 Å². The summed E-state index contributed by atoms with van der Waals surface area (Å²) in [6.45, 7) is 28.6. The van der Waals surface area contributed by atoms with Gasteiger partial charge < -0.3 is 46.1 Å². The average molecular weight is 1490 g/mol. The van der Waals surface area contributed by atoms with Gasteiger partial charge in [-0.2, -0.15) is 15.3 Å². The fraction of sp³-hybridized carbons (Fsp3) is 0.333. The number of allylic oxidation sites excluding steroid dienone is 1. The lowest BCUT2D eigenvalue weighted by molar-refractivity contribution is -0.140. The van der Waals surface area contributed by atoms with Crippen molar-refractivity contribution < 1.29 is 28.6 Å². The van der Waals surface area contributed by atoms with E-state index in [0.717, 1.165) is 125 Å². The molecule has 0 aliphatic carbocycles. The smallest absolute Gasteiger partial charge is 0.249 e. The van der Waals surface area contributed by atoms with Gasteiger partial charge in [-0.1, -0.05) is 136 Å². The number of likely N-dealkylation sites (tertiary alicyclic amines) is 3. The van der Waals surface area contributed by atoms with Gasteiger partial charge in [-0.05, 0) is 170 Å². The summed E-state index contributed by atoms with van der Waals surface area (Å²) in [6.07, 6.45) is 13.4. The number of ether oxygens (including phenoxy) is 3. The first-order chi connectivity index (χ1) is 53.2. The largest absolute Gasteiger partial charge is 0.457 e. The first-order valence-corrected chi connectivity index (χ1v) is 37.9. The van der Waals surface area contributed by atoms with Crippen molar-refractivity contribution in [1.82, 2.24) is 73.9 Å². The summed E-state index contributed by atoms with van der Waals surface area (Å²) in [5.74, 6) is 5.81. The maximum absolute atomic E-state index is 13.3. The van der Waals surface area contributed by atoms with Crippen LogP contribution in [0.5, 0.6) is 34.5 Å². The Kier molecular flexibility index (Phi) is 22.7. The molecule has 1 unspecified atom stereocenters. The summed E-state index contributed by atoms with van der Waals surface area (Å²) >= 11 is 0. The van der Waals surface area contributed by atoms with E-state index < -0.39 is 0 Å². The van der Waals surface area contributed by atoms with Crippen LogP contribution in [0.15, 0.2) is 207 Å². The van der Waals surface area contributed by atoms with Gasteiger partial charge in [0.15, 0.2) is 16.9 Å². The highest BCUT2D eigenvalue weighted by Crippen LogP contribution is 2.41. The molecule has 6 aromatic carbocycles. The van der Waals surface area contributed by atoms with Crippen LogP contribution in [-0.2, 0) is 14.4 Å². The van der Waals surface area contributed by atoms with E-state index in [9.17, 15) is 14.4 Å². The lowest BCUT2D eigenvalue weighted by atomic mass is 9.81. The molecule has 9 heterocycles. The predicted octanol–water partition coefficient (Wildman–Crippen LogP) is 17.0. The number of piperidine rings is 3. The molecule has 0 radical (unpaired) electrons. The minimum Gasteiger partial charge on any atom is -0.457 e. The quantitative estimate of drug-likeness (QED) is 0.0803. The normalized spacial score (nSPS) is 16.5. The molecule has 3 aliphatic heterocycles. The Labute approximate surface area is 647 Å². The van der Waals surface area contributed by atoms with Gasteiger partial charge in [0.2, 0.25) is 17.7 Å². The van der Waals surface area contributed by atoms with Crippen molar-refractivity contribution in [3.05, 3.63) is 207 Å². The summed E-state index contributed by atoms with van der Waals surface area (Å²) in [4.78, 5) is 71.4. The Morgan fingerprint density at radius 3 is 1.09 bits per heavy atom. The topological polar surface area (TPSA) is 297 Å². The molecule has 6 N–H and O–H groups in total. The molecule has 12 aromatic rings. The number of carbonyl (C=O) groups is 3. The van der Waals surface area contributed by atoms with Crippen molar-refractivity contribution in [3.8, 4) is 68.3 Å². The Morgan fingerprint density at radius 2 is 0.757 bits per heavy atom. The van der Waals surface area contributed by atoms with Gasteiger partial charge in [0.25, 0.3) is 0 Å². The third kappa shape index (κ3) is 17.9. The summed E-state index contributed by atoms with van der Waals surface area (Å²) in [7, 11) is 0. The van der Waals surface area contributed by atoms with Crippen LogP contribution in [0.1, 0.15) is 126 Å². The van der Waals surface area contributed by atoms with Gasteiger partial charge in [-0.15, -0.1) is 0 Å². The number of anilines is 3. The number of carbonyl (C=O) groups excluding carboxylic acids is 3. The van der Waals surface area contributed by atoms with E-state index in [1.54, 1.807) is 6.08 Å². The minimum absolute atomic E-state index is 0.00275. The van der Waals surface area contributed by atoms with Crippen molar-refractivity contribution in [2.75, 3.05) is 56.5 Å². The first-order valence-electron chi connectivity index (χ1n) is 37.9. The number of rotatable bonds is 15. The molecular weight excluding hydrogens is 1390 g/mol. The molecule has 24 heteroatoms. The van der Waals surface area contributed by atoms with Gasteiger partial charge >= 0.3 is 0 Å². The third-order valence-corrected chi connectivity index (χ3v) is 20.6. The van der Waals surface area contributed by atoms with Crippen molar-refractivity contribution >= 4 is 68.3 Å². The lowest BCUT2D eigenvalue weighted by Crippen LogP contribution is -2.45. The van der Waals surface area contributed by atoms with Gasteiger partial charge in [0.05, 0.1) is 34.3 Å². The number of nitrogen functional groups attached to an aromatic ring is 3. The monoisotopic (exact) mass is 1490 g/mol. The molecule has 0 saturated carbocycles. The van der Waals surface area contributed by atoms with Gasteiger partial charge in [-0.25, -0.2) is 43.9 Å². The maximum Gasteiger partial charge on any atom is 0.249 e. The number of amides is 3. The van der Waals surface area contributed by atoms with Gasteiger partial charge in [0.1, 0.15) is 88.0 Å². The highest BCUT2D eigenvalue weighted by Gasteiger charge is 2.37. The predicted molar refractivity (Wildman–Crippen MR) is 435 cm³/mol. The molecule has 0 spiro atoms. The van der Waals surface area contributed by atoms with Crippen molar-refractivity contribution in [2.24, 2.45) is 22.2 Å². The molecule has 3 aliphatic rings. The van der Waals surface area contributed by atoms with Crippen molar-refractivity contribution in [2.45, 2.75) is 126 Å². The fourth-order valence-corrected chi connectivity index (χ4v) is 13.9. The van der Waals surface area contributed by atoms with E-state index >= 15 is 0 Å². The minimum atomic E-state index is -0.284. The summed E-state index contributed by atoms with van der Waals surface area (Å²) < 4.78 is 23.6. The van der Waals surface area contributed by atoms with E-state index in [1.807, 2.05) is 226 Å². The lowest BCUT2D eigenvalue weighted by Gasteiger charge is -2.37. The number of para-hydroxylation sites is 3. The number of hydrogen-bond acceptors (Lipinski definition) is 18.